The molecule has 0 spiro atoms. The summed E-state index contributed by atoms with van der Waals surface area (Å²) in [7, 11) is -0.668. The van der Waals surface area contributed by atoms with Crippen LogP contribution < -0.4 is 5.32 Å². The van der Waals surface area contributed by atoms with Crippen molar-refractivity contribution in [1.29, 1.82) is 0 Å². The predicted octanol–water partition coefficient (Wildman–Crippen LogP) is 2.26. The lowest BCUT2D eigenvalue weighted by atomic mass is 10.4. The molecular formula is C9H14ClNOS2. The average Bonchev–Trinajstić information content (AvgIpc) is 2.50. The minimum Gasteiger partial charge on any atom is -0.312 e. The normalized spacial score (nSPS) is 13.0. The smallest absolute Gasteiger partial charge is 0.0931 e. The molecule has 0 amide bonds. The van der Waals surface area contributed by atoms with Gasteiger partial charge in [-0.2, -0.15) is 0 Å². The van der Waals surface area contributed by atoms with E-state index in [9.17, 15) is 4.21 Å². The van der Waals surface area contributed by atoms with E-state index in [-0.39, 0.29) is 0 Å². The quantitative estimate of drug-likeness (QED) is 0.786. The van der Waals surface area contributed by atoms with Crippen LogP contribution in [0, 0.1) is 0 Å². The molecule has 1 rings (SSSR count). The van der Waals surface area contributed by atoms with Crippen LogP contribution in [0.5, 0.6) is 0 Å². The van der Waals surface area contributed by atoms with Crippen molar-refractivity contribution in [2.75, 3.05) is 18.6 Å². The van der Waals surface area contributed by atoms with E-state index < -0.39 is 10.8 Å². The summed E-state index contributed by atoms with van der Waals surface area (Å²) in [5.41, 5.74) is 0. The zero-order valence-corrected chi connectivity index (χ0v) is 10.5. The molecule has 1 atom stereocenters. The van der Waals surface area contributed by atoms with Crippen LogP contribution in [0.3, 0.4) is 0 Å². The van der Waals surface area contributed by atoms with E-state index in [4.69, 9.17) is 11.6 Å². The molecule has 5 heteroatoms. The number of halogens is 1. The van der Waals surface area contributed by atoms with Crippen molar-refractivity contribution in [2.24, 2.45) is 0 Å². The van der Waals surface area contributed by atoms with Crippen LogP contribution in [0.15, 0.2) is 12.1 Å². The summed E-state index contributed by atoms with van der Waals surface area (Å²) in [4.78, 5) is 1.24. The number of nitrogens with one attached hydrogen (secondary N) is 1. The molecular weight excluding hydrogens is 238 g/mol. The molecule has 0 saturated carbocycles. The molecule has 1 aromatic rings. The second-order valence-electron chi connectivity index (χ2n) is 3.01. The molecule has 1 aromatic heterocycles. The van der Waals surface area contributed by atoms with Crippen molar-refractivity contribution in [3.8, 4) is 0 Å². The van der Waals surface area contributed by atoms with Crippen LogP contribution in [0.25, 0.3) is 0 Å². The Morgan fingerprint density at radius 3 is 2.93 bits per heavy atom. The van der Waals surface area contributed by atoms with E-state index in [1.54, 1.807) is 17.6 Å². The fraction of sp³-hybridized carbons (Fsp3) is 0.556. The molecule has 80 valence electrons. The molecule has 1 N–H and O–H groups in total. The molecule has 0 fully saturated rings. The van der Waals surface area contributed by atoms with Crippen LogP contribution >= 0.6 is 22.9 Å². The van der Waals surface area contributed by atoms with Crippen molar-refractivity contribution in [2.45, 2.75) is 13.0 Å². The Bertz CT molecular complexity index is 301. The molecule has 0 saturated heterocycles. The van der Waals surface area contributed by atoms with Gasteiger partial charge in [0.15, 0.2) is 0 Å². The average molecular weight is 252 g/mol. The topological polar surface area (TPSA) is 29.1 Å². The van der Waals surface area contributed by atoms with Gasteiger partial charge >= 0.3 is 0 Å². The summed E-state index contributed by atoms with van der Waals surface area (Å²) in [6.45, 7) is 1.77. The van der Waals surface area contributed by atoms with Gasteiger partial charge in [0.2, 0.25) is 0 Å². The first-order valence-electron chi connectivity index (χ1n) is 4.43. The van der Waals surface area contributed by atoms with E-state index in [0.717, 1.165) is 29.6 Å². The first-order chi connectivity index (χ1) is 6.68. The highest BCUT2D eigenvalue weighted by molar-refractivity contribution is 7.84. The lowest BCUT2D eigenvalue weighted by Crippen LogP contribution is -2.15. The van der Waals surface area contributed by atoms with E-state index >= 15 is 0 Å². The highest BCUT2D eigenvalue weighted by Crippen LogP contribution is 2.20. The van der Waals surface area contributed by atoms with Crippen molar-refractivity contribution in [3.63, 3.8) is 0 Å². The molecule has 0 aromatic carbocycles. The van der Waals surface area contributed by atoms with Gasteiger partial charge in [-0.15, -0.1) is 11.3 Å². The number of hydrogen-bond donors (Lipinski definition) is 1. The Morgan fingerprint density at radius 2 is 2.36 bits per heavy atom. The molecule has 1 unspecified atom stereocenters. The van der Waals surface area contributed by atoms with Gasteiger partial charge in [0, 0.05) is 34.2 Å². The van der Waals surface area contributed by atoms with Gasteiger partial charge in [0.05, 0.1) is 4.34 Å². The van der Waals surface area contributed by atoms with Gasteiger partial charge in [-0.3, -0.25) is 4.21 Å². The Labute approximate surface area is 96.1 Å². The lowest BCUT2D eigenvalue weighted by Gasteiger charge is -2.01. The maximum absolute atomic E-state index is 10.7. The Balaban J connectivity index is 2.07. The molecule has 1 heterocycles. The van der Waals surface area contributed by atoms with Crippen LogP contribution in [0.2, 0.25) is 4.34 Å². The van der Waals surface area contributed by atoms with Crippen molar-refractivity contribution in [3.05, 3.63) is 21.3 Å². The van der Waals surface area contributed by atoms with E-state index in [0.29, 0.717) is 0 Å². The number of hydrogen-bond acceptors (Lipinski definition) is 3. The monoisotopic (exact) mass is 251 g/mol. The minimum absolute atomic E-state index is 0.668. The minimum atomic E-state index is -0.668. The molecule has 14 heavy (non-hydrogen) atoms. The van der Waals surface area contributed by atoms with Gasteiger partial charge in [-0.25, -0.2) is 0 Å². The summed E-state index contributed by atoms with van der Waals surface area (Å²) in [5.74, 6) is 0.776. The summed E-state index contributed by atoms with van der Waals surface area (Å²) in [6.07, 6.45) is 2.70. The van der Waals surface area contributed by atoms with Gasteiger partial charge < -0.3 is 5.32 Å². The Kier molecular flexibility index (Phi) is 5.70. The standard InChI is InChI=1S/C9H14ClNOS2/c1-14(12)6-2-5-11-7-8-3-4-9(10)13-8/h3-4,11H,2,5-7H2,1H3. The number of rotatable bonds is 6. The number of thiophene rings is 1. The van der Waals surface area contributed by atoms with Gasteiger partial charge in [-0.05, 0) is 25.1 Å². The largest absolute Gasteiger partial charge is 0.312 e. The fourth-order valence-electron chi connectivity index (χ4n) is 1.06. The summed E-state index contributed by atoms with van der Waals surface area (Å²) < 4.78 is 11.6. The highest BCUT2D eigenvalue weighted by Gasteiger charge is 1.97. The molecule has 0 radical (unpaired) electrons. The van der Waals surface area contributed by atoms with Crippen molar-refractivity contribution in [1.82, 2.24) is 5.32 Å². The first-order valence-corrected chi connectivity index (χ1v) is 7.35. The first kappa shape index (κ1) is 12.2. The summed E-state index contributed by atoms with van der Waals surface area (Å²) >= 11 is 7.39. The van der Waals surface area contributed by atoms with Crippen LogP contribution in [0.4, 0.5) is 0 Å². The summed E-state index contributed by atoms with van der Waals surface area (Å²) in [5, 5.41) is 3.29. The van der Waals surface area contributed by atoms with E-state index in [1.807, 2.05) is 12.1 Å². The van der Waals surface area contributed by atoms with Crippen LogP contribution in [0.1, 0.15) is 11.3 Å². The zero-order chi connectivity index (χ0) is 10.4. The third kappa shape index (κ3) is 5.10. The zero-order valence-electron chi connectivity index (χ0n) is 8.09. The second-order valence-corrected chi connectivity index (χ2v) is 6.37. The molecule has 2 nitrogen and oxygen atoms in total. The molecule has 0 aliphatic heterocycles. The second kappa shape index (κ2) is 6.56. The molecule has 0 aliphatic carbocycles. The predicted molar refractivity (Wildman–Crippen MR) is 64.6 cm³/mol. The van der Waals surface area contributed by atoms with Crippen molar-refractivity contribution >= 4 is 33.7 Å². The fourth-order valence-corrected chi connectivity index (χ4v) is 2.67. The SMILES string of the molecule is CS(=O)CCCNCc1ccc(Cl)s1. The molecule has 0 aliphatic rings. The lowest BCUT2D eigenvalue weighted by molar-refractivity contribution is 0.665. The third-order valence-electron chi connectivity index (χ3n) is 1.71. The van der Waals surface area contributed by atoms with Gasteiger partial charge in [-0.1, -0.05) is 11.6 Å². The van der Waals surface area contributed by atoms with Crippen LogP contribution in [-0.4, -0.2) is 22.8 Å². The maximum Gasteiger partial charge on any atom is 0.0931 e. The molecule has 0 bridgehead atoms. The Hall–Kier alpha value is 0.1000. The van der Waals surface area contributed by atoms with Gasteiger partial charge in [0.1, 0.15) is 0 Å². The Morgan fingerprint density at radius 1 is 1.57 bits per heavy atom. The maximum atomic E-state index is 10.7. The summed E-state index contributed by atoms with van der Waals surface area (Å²) in [6, 6.07) is 3.93. The third-order valence-corrected chi connectivity index (χ3v) is 3.81. The van der Waals surface area contributed by atoms with Gasteiger partial charge in [0.25, 0.3) is 0 Å². The van der Waals surface area contributed by atoms with Crippen LogP contribution in [-0.2, 0) is 17.3 Å². The van der Waals surface area contributed by atoms with E-state index in [2.05, 4.69) is 5.32 Å². The van der Waals surface area contributed by atoms with E-state index in [1.165, 1.54) is 4.88 Å². The highest BCUT2D eigenvalue weighted by atomic mass is 35.5. The van der Waals surface area contributed by atoms with Crippen molar-refractivity contribution < 1.29 is 4.21 Å².